The molecule has 4 heterocycles. The van der Waals surface area contributed by atoms with Crippen LogP contribution in [0, 0.1) is 0 Å². The molecule has 0 saturated carbocycles. The smallest absolute Gasteiger partial charge is 0.410 e. The van der Waals surface area contributed by atoms with Gasteiger partial charge in [-0.1, -0.05) is 31.2 Å². The number of carboxylic acid groups (broad SMARTS) is 1. The summed E-state index contributed by atoms with van der Waals surface area (Å²) in [7, 11) is 1.43. The largest absolute Gasteiger partial charge is 0.479 e. The van der Waals surface area contributed by atoms with Crippen molar-refractivity contribution in [1.29, 1.82) is 0 Å². The fourth-order valence-corrected chi connectivity index (χ4v) is 7.19. The van der Waals surface area contributed by atoms with Gasteiger partial charge in [0.1, 0.15) is 18.5 Å². The predicted octanol–water partition coefficient (Wildman–Crippen LogP) is 4.07. The van der Waals surface area contributed by atoms with Crippen molar-refractivity contribution in [3.63, 3.8) is 0 Å². The molecule has 2 aromatic carbocycles. The molecule has 1 fully saturated rings. The highest BCUT2D eigenvalue weighted by Gasteiger charge is 2.35. The van der Waals surface area contributed by atoms with E-state index in [9.17, 15) is 39.3 Å². The number of carboxylic acids is 1. The SMILES string of the molecule is CCC(=O)Nc1ccc(COC(=O)N(CCc2c3c(nc4ccccc24)-c2cc(C(O)C=O)c(COC)c(=O)n2C3)C(C)C)cc1OC1CC(O)CC(C(=O)O)O1. The van der Waals surface area contributed by atoms with Crippen LogP contribution in [0.2, 0.25) is 0 Å². The van der Waals surface area contributed by atoms with Gasteiger partial charge in [0.25, 0.3) is 5.56 Å². The number of anilines is 1. The second-order valence-corrected chi connectivity index (χ2v) is 14.3. The number of methoxy groups -OCH3 is 1. The number of rotatable bonds is 15. The number of benzene rings is 2. The van der Waals surface area contributed by atoms with Gasteiger partial charge in [-0.15, -0.1) is 0 Å². The lowest BCUT2D eigenvalue weighted by molar-refractivity contribution is -0.195. The molecule has 2 aromatic heterocycles. The molecule has 2 aliphatic rings. The van der Waals surface area contributed by atoms with Crippen molar-refractivity contribution < 1.29 is 53.4 Å². The molecule has 4 N–H and O–H groups in total. The summed E-state index contributed by atoms with van der Waals surface area (Å²) in [6, 6.07) is 13.7. The van der Waals surface area contributed by atoms with E-state index in [0.717, 1.165) is 16.5 Å². The number of aldehydes is 1. The summed E-state index contributed by atoms with van der Waals surface area (Å²) in [6.45, 7) is 5.59. The van der Waals surface area contributed by atoms with E-state index in [0.29, 0.717) is 40.9 Å². The average molecular weight is 787 g/mol. The van der Waals surface area contributed by atoms with Gasteiger partial charge >= 0.3 is 12.1 Å². The van der Waals surface area contributed by atoms with Gasteiger partial charge in [-0.3, -0.25) is 9.59 Å². The van der Waals surface area contributed by atoms with Gasteiger partial charge in [0.15, 0.2) is 12.4 Å². The number of carbonyl (C=O) groups excluding carboxylic acids is 3. The highest BCUT2D eigenvalue weighted by atomic mass is 16.7. The number of aromatic nitrogens is 2. The lowest BCUT2D eigenvalue weighted by atomic mass is 9.97. The summed E-state index contributed by atoms with van der Waals surface area (Å²) in [5, 5.41) is 33.8. The summed E-state index contributed by atoms with van der Waals surface area (Å²) in [5.41, 5.74) is 4.11. The first kappa shape index (κ1) is 41.0. The fourth-order valence-electron chi connectivity index (χ4n) is 7.19. The van der Waals surface area contributed by atoms with Gasteiger partial charge in [-0.05, 0) is 55.7 Å². The monoisotopic (exact) mass is 786 g/mol. The summed E-state index contributed by atoms with van der Waals surface area (Å²) in [6.07, 6.45) is -4.62. The minimum atomic E-state index is -1.52. The third-order valence-electron chi connectivity index (χ3n) is 10.1. The molecule has 0 radical (unpaired) electrons. The maximum atomic E-state index is 13.7. The van der Waals surface area contributed by atoms with E-state index in [2.05, 4.69) is 5.32 Å². The first-order valence-electron chi connectivity index (χ1n) is 18.7. The van der Waals surface area contributed by atoms with Crippen molar-refractivity contribution in [3.05, 3.63) is 86.7 Å². The number of para-hydroxylation sites is 1. The molecule has 4 atom stereocenters. The highest BCUT2D eigenvalue weighted by molar-refractivity contribution is 5.92. The third kappa shape index (κ3) is 8.83. The standard InChI is InChI=1S/C41H46N4O12/c1-5-36(49)42-31-11-10-23(14-34(31)56-37-16-24(47)15-35(57-37)40(51)52)20-55-41(53)44(22(2)3)13-12-25-26-8-6-7-9-30(26)43-38-28(25)18-45-32(38)17-27(33(48)19-46)29(21-54-4)39(45)50/h6-11,14,17,19,22,24,33,35,37,47-48H,5,12-13,15-16,18,20-21H2,1-4H3,(H,42,49)(H,51,52). The number of aliphatic carboxylic acids is 1. The number of aliphatic hydroxyl groups excluding tert-OH is 2. The number of amides is 2. The number of hydrogen-bond acceptors (Lipinski definition) is 12. The van der Waals surface area contributed by atoms with Crippen LogP contribution in [0.4, 0.5) is 10.5 Å². The zero-order valence-electron chi connectivity index (χ0n) is 32.1. The van der Waals surface area contributed by atoms with E-state index >= 15 is 0 Å². The molecule has 6 rings (SSSR count). The molecule has 57 heavy (non-hydrogen) atoms. The second-order valence-electron chi connectivity index (χ2n) is 14.3. The van der Waals surface area contributed by atoms with Gasteiger partial charge in [-0.2, -0.15) is 0 Å². The van der Waals surface area contributed by atoms with Crippen molar-refractivity contribution in [2.75, 3.05) is 19.0 Å². The molecule has 1 saturated heterocycles. The molecular formula is C41H46N4O12. The Morgan fingerprint density at radius 2 is 1.88 bits per heavy atom. The zero-order chi connectivity index (χ0) is 41.0. The first-order chi connectivity index (χ1) is 27.3. The maximum absolute atomic E-state index is 13.7. The Labute approximate surface area is 327 Å². The van der Waals surface area contributed by atoms with E-state index in [1.165, 1.54) is 7.11 Å². The lowest BCUT2D eigenvalue weighted by Gasteiger charge is -2.31. The van der Waals surface area contributed by atoms with Crippen LogP contribution in [0.1, 0.15) is 74.0 Å². The number of nitrogens with one attached hydrogen (secondary N) is 1. The Bertz CT molecular complexity index is 2240. The van der Waals surface area contributed by atoms with Gasteiger partial charge < -0.3 is 53.8 Å². The molecule has 4 unspecified atom stereocenters. The topological polar surface area (TPSA) is 216 Å². The van der Waals surface area contributed by atoms with Gasteiger partial charge in [-0.25, -0.2) is 14.6 Å². The van der Waals surface area contributed by atoms with E-state index < -0.39 is 42.2 Å². The molecular weight excluding hydrogens is 740 g/mol. The Kier molecular flexibility index (Phi) is 12.7. The number of fused-ring (bicyclic) bond motifs is 4. The molecule has 0 bridgehead atoms. The average Bonchev–Trinajstić information content (AvgIpc) is 3.56. The molecule has 2 aliphatic heterocycles. The number of ether oxygens (including phenoxy) is 4. The van der Waals surface area contributed by atoms with Gasteiger partial charge in [0.2, 0.25) is 12.2 Å². The third-order valence-corrected chi connectivity index (χ3v) is 10.1. The van der Waals surface area contributed by atoms with Crippen molar-refractivity contribution in [2.45, 2.75) is 96.9 Å². The van der Waals surface area contributed by atoms with Crippen LogP contribution in [0.3, 0.4) is 0 Å². The van der Waals surface area contributed by atoms with E-state index in [4.69, 9.17) is 23.9 Å². The van der Waals surface area contributed by atoms with Gasteiger partial charge in [0, 0.05) is 61.0 Å². The van der Waals surface area contributed by atoms with Crippen LogP contribution in [-0.2, 0) is 54.8 Å². The first-order valence-corrected chi connectivity index (χ1v) is 18.7. The van der Waals surface area contributed by atoms with Gasteiger partial charge in [0.05, 0.1) is 41.8 Å². The molecule has 2 amide bonds. The normalized spacial score (nSPS) is 17.8. The zero-order valence-corrected chi connectivity index (χ0v) is 32.1. The fraction of sp³-hybridized carbons (Fsp3) is 0.415. The molecule has 4 aromatic rings. The van der Waals surface area contributed by atoms with E-state index in [-0.39, 0.29) is 74.4 Å². The number of carbonyl (C=O) groups is 4. The number of aliphatic hydroxyl groups is 2. The molecule has 16 nitrogen and oxygen atoms in total. The minimum Gasteiger partial charge on any atom is -0.479 e. The maximum Gasteiger partial charge on any atom is 0.410 e. The number of pyridine rings is 2. The molecule has 0 spiro atoms. The second kappa shape index (κ2) is 17.6. The number of nitrogens with zero attached hydrogens (tertiary/aromatic N) is 3. The van der Waals surface area contributed by atoms with Crippen LogP contribution in [0.5, 0.6) is 5.75 Å². The Morgan fingerprint density at radius 1 is 1.11 bits per heavy atom. The van der Waals surface area contributed by atoms with Crippen LogP contribution in [-0.4, -0.2) is 92.2 Å². The number of hydrogen-bond donors (Lipinski definition) is 4. The summed E-state index contributed by atoms with van der Waals surface area (Å²) in [5.74, 6) is -1.38. The van der Waals surface area contributed by atoms with Crippen molar-refractivity contribution in [3.8, 4) is 17.1 Å². The van der Waals surface area contributed by atoms with Crippen LogP contribution >= 0.6 is 0 Å². The van der Waals surface area contributed by atoms with Crippen molar-refractivity contribution in [1.82, 2.24) is 14.5 Å². The summed E-state index contributed by atoms with van der Waals surface area (Å²) in [4.78, 5) is 69.4. The lowest BCUT2D eigenvalue weighted by Crippen LogP contribution is -2.42. The summed E-state index contributed by atoms with van der Waals surface area (Å²) >= 11 is 0. The molecule has 302 valence electrons. The van der Waals surface area contributed by atoms with E-state index in [1.54, 1.807) is 40.7 Å². The van der Waals surface area contributed by atoms with Crippen LogP contribution < -0.4 is 15.6 Å². The molecule has 16 heteroatoms. The molecule has 0 aliphatic carbocycles. The highest BCUT2D eigenvalue weighted by Crippen LogP contribution is 2.37. The van der Waals surface area contributed by atoms with Crippen molar-refractivity contribution >= 4 is 40.8 Å². The predicted molar refractivity (Wildman–Crippen MR) is 206 cm³/mol. The quantitative estimate of drug-likeness (QED) is 0.110. The van der Waals surface area contributed by atoms with Crippen LogP contribution in [0.25, 0.3) is 22.3 Å². The van der Waals surface area contributed by atoms with Crippen LogP contribution in [0.15, 0.2) is 53.3 Å². The summed E-state index contributed by atoms with van der Waals surface area (Å²) < 4.78 is 24.1. The Hall–Kier alpha value is -5.68. The Balaban J connectivity index is 1.23. The van der Waals surface area contributed by atoms with Crippen molar-refractivity contribution in [2.24, 2.45) is 0 Å². The van der Waals surface area contributed by atoms with E-state index in [1.807, 2.05) is 38.1 Å². The Morgan fingerprint density at radius 3 is 2.58 bits per heavy atom. The minimum absolute atomic E-state index is 0.00545.